The molecule has 0 bridgehead atoms. The van der Waals surface area contributed by atoms with Crippen molar-refractivity contribution in [2.75, 3.05) is 0 Å². The second-order valence-electron chi connectivity index (χ2n) is 6.76. The van der Waals surface area contributed by atoms with Crippen molar-refractivity contribution in [3.8, 4) is 11.3 Å². The van der Waals surface area contributed by atoms with Gasteiger partial charge in [0.2, 0.25) is 0 Å². The normalized spacial score (nSPS) is 8.09. The molecule has 3 rings (SSSR count). The lowest BCUT2D eigenvalue weighted by Gasteiger charge is -1.99. The topological polar surface area (TPSA) is 42.9 Å². The van der Waals surface area contributed by atoms with Gasteiger partial charge in [-0.2, -0.15) is 0 Å². The Morgan fingerprint density at radius 1 is 0.629 bits per heavy atom. The lowest BCUT2D eigenvalue weighted by atomic mass is 10.1. The number of nitrogens with zero attached hydrogens (tertiary/aromatic N) is 2. The van der Waals surface area contributed by atoms with Gasteiger partial charge in [-0.1, -0.05) is 107 Å². The lowest BCUT2D eigenvalue weighted by Crippen LogP contribution is -1.93. The highest BCUT2D eigenvalue weighted by molar-refractivity contribution is 5.91. The largest absolute Gasteiger partial charge is 0.293 e. The van der Waals surface area contributed by atoms with Gasteiger partial charge in [0.05, 0.1) is 5.69 Å². The summed E-state index contributed by atoms with van der Waals surface area (Å²) < 4.78 is 0. The monoisotopic (exact) mass is 476 g/mol. The van der Waals surface area contributed by atoms with Crippen LogP contribution in [0.5, 0.6) is 0 Å². The fourth-order valence-corrected chi connectivity index (χ4v) is 2.14. The van der Waals surface area contributed by atoms with Crippen molar-refractivity contribution in [2.24, 2.45) is 0 Å². The fourth-order valence-electron chi connectivity index (χ4n) is 2.14. The Balaban J connectivity index is -0.000000404. The molecule has 0 amide bonds. The van der Waals surface area contributed by atoms with Crippen LogP contribution in [0.25, 0.3) is 11.3 Å². The van der Waals surface area contributed by atoms with Crippen LogP contribution >= 0.6 is 0 Å². The number of hydrogen-bond acceptors (Lipinski definition) is 3. The fraction of sp³-hybridized carbons (Fsp3) is 0.344. The van der Waals surface area contributed by atoms with Crippen molar-refractivity contribution in [1.82, 2.24) is 9.97 Å². The molecule has 0 N–H and O–H groups in total. The van der Waals surface area contributed by atoms with Crippen LogP contribution in [-0.4, -0.2) is 15.8 Å². The summed E-state index contributed by atoms with van der Waals surface area (Å²) in [6.45, 7) is 25.6. The highest BCUT2D eigenvalue weighted by Gasteiger charge is 1.95. The maximum Gasteiger partial charge on any atom is 0.178 e. The summed E-state index contributed by atoms with van der Waals surface area (Å²) in [5.74, 6) is 0.00981. The van der Waals surface area contributed by atoms with Gasteiger partial charge in [-0.25, -0.2) is 0 Å². The number of carbonyl (C=O) groups excluding carboxylic acids is 1. The molecule has 3 heteroatoms. The molecule has 2 aromatic heterocycles. The molecule has 0 saturated heterocycles. The van der Waals surface area contributed by atoms with Crippen LogP contribution in [0, 0.1) is 0 Å². The Morgan fingerprint density at radius 2 is 1.09 bits per heavy atom. The second kappa shape index (κ2) is 25.3. The zero-order chi connectivity index (χ0) is 27.6. The van der Waals surface area contributed by atoms with Gasteiger partial charge in [0.15, 0.2) is 5.78 Å². The highest BCUT2D eigenvalue weighted by atomic mass is 16.1. The smallest absolute Gasteiger partial charge is 0.178 e. The average Bonchev–Trinajstić information content (AvgIpc) is 2.93. The second-order valence-corrected chi connectivity index (χ2v) is 6.76. The molecule has 0 radical (unpaired) electrons. The first kappa shape index (κ1) is 36.2. The van der Waals surface area contributed by atoms with E-state index in [-0.39, 0.29) is 5.78 Å². The van der Waals surface area contributed by atoms with Crippen molar-refractivity contribution in [2.45, 2.75) is 76.2 Å². The number of carbonyl (C=O) groups is 1. The molecule has 0 saturated carbocycles. The Morgan fingerprint density at radius 3 is 1.37 bits per heavy atom. The van der Waals surface area contributed by atoms with E-state index in [0.29, 0.717) is 5.69 Å². The van der Waals surface area contributed by atoms with E-state index in [1.54, 1.807) is 24.4 Å². The van der Waals surface area contributed by atoms with E-state index in [2.05, 4.69) is 49.5 Å². The van der Waals surface area contributed by atoms with Crippen molar-refractivity contribution in [3.63, 3.8) is 0 Å². The van der Waals surface area contributed by atoms with E-state index in [9.17, 15) is 4.79 Å². The molecule has 0 aliphatic rings. The number of Topliss-reactive ketones (excluding diaryl/α,β-unsaturated/α-hetero) is 1. The number of hydrogen-bond donors (Lipinski definition) is 0. The zero-order valence-electron chi connectivity index (χ0n) is 24.0. The van der Waals surface area contributed by atoms with Gasteiger partial charge < -0.3 is 0 Å². The Bertz CT molecular complexity index is 874. The van der Waals surface area contributed by atoms with Crippen LogP contribution < -0.4 is 0 Å². The first-order valence-corrected chi connectivity index (χ1v) is 12.5. The molecular weight excluding hydrogens is 428 g/mol. The summed E-state index contributed by atoms with van der Waals surface area (Å²) in [4.78, 5) is 18.7. The SMILES string of the molecule is C=C(C)C(C)=C(C)C.CC.CC.CC.CC(=O)c1ccccn1.c1ccc(-c2ccccn2)cc1. The third kappa shape index (κ3) is 18.7. The van der Waals surface area contributed by atoms with Crippen molar-refractivity contribution < 1.29 is 4.79 Å². The summed E-state index contributed by atoms with van der Waals surface area (Å²) in [6.07, 6.45) is 3.42. The third-order valence-electron chi connectivity index (χ3n) is 4.15. The van der Waals surface area contributed by atoms with Crippen LogP contribution in [0.2, 0.25) is 0 Å². The molecule has 0 spiro atoms. The highest BCUT2D eigenvalue weighted by Crippen LogP contribution is 2.14. The van der Waals surface area contributed by atoms with E-state index in [1.165, 1.54) is 23.6 Å². The standard InChI is InChI=1S/C11H9N.C8H14.C7H7NO.3C2H6/c1-2-6-10(7-3-1)11-8-4-5-9-12-11;1-6(2)8(5)7(3)4;1-6(9)7-4-2-3-5-8-7;3*1-2/h1-9H;1H2,2-5H3;2-5H,1H3;3*1-2H3. The number of ketones is 1. The summed E-state index contributed by atoms with van der Waals surface area (Å²) >= 11 is 0. The average molecular weight is 477 g/mol. The molecule has 1 aromatic carbocycles. The minimum atomic E-state index is 0.00981. The number of aromatic nitrogens is 2. The minimum Gasteiger partial charge on any atom is -0.293 e. The van der Waals surface area contributed by atoms with Crippen LogP contribution in [0.1, 0.15) is 86.6 Å². The van der Waals surface area contributed by atoms with Gasteiger partial charge in [-0.15, -0.1) is 0 Å². The van der Waals surface area contributed by atoms with Gasteiger partial charge in [0.1, 0.15) is 5.69 Å². The first-order valence-electron chi connectivity index (χ1n) is 12.5. The van der Waals surface area contributed by atoms with Gasteiger partial charge >= 0.3 is 0 Å². The summed E-state index contributed by atoms with van der Waals surface area (Å²) in [5.41, 5.74) is 6.57. The van der Waals surface area contributed by atoms with Crippen LogP contribution in [0.4, 0.5) is 0 Å². The molecule has 2 heterocycles. The van der Waals surface area contributed by atoms with Crippen molar-refractivity contribution >= 4 is 5.78 Å². The molecule has 0 aliphatic carbocycles. The number of allylic oxidation sites excluding steroid dienone is 3. The van der Waals surface area contributed by atoms with E-state index in [1.807, 2.05) is 91.1 Å². The molecule has 0 unspecified atom stereocenters. The molecule has 3 aromatic rings. The Labute approximate surface area is 216 Å². The Hall–Kier alpha value is -3.33. The molecule has 0 atom stereocenters. The van der Waals surface area contributed by atoms with Gasteiger partial charge in [-0.3, -0.25) is 14.8 Å². The van der Waals surface area contributed by atoms with Crippen LogP contribution in [0.15, 0.2) is 102 Å². The van der Waals surface area contributed by atoms with Gasteiger partial charge in [0, 0.05) is 24.9 Å². The molecule has 0 aliphatic heterocycles. The van der Waals surface area contributed by atoms with E-state index in [0.717, 1.165) is 11.3 Å². The van der Waals surface area contributed by atoms with Crippen LogP contribution in [0.3, 0.4) is 0 Å². The predicted molar refractivity (Wildman–Crippen MR) is 157 cm³/mol. The summed E-state index contributed by atoms with van der Waals surface area (Å²) in [7, 11) is 0. The van der Waals surface area contributed by atoms with Crippen molar-refractivity contribution in [1.29, 1.82) is 0 Å². The molecule has 192 valence electrons. The van der Waals surface area contributed by atoms with Crippen molar-refractivity contribution in [3.05, 3.63) is 108 Å². The van der Waals surface area contributed by atoms with E-state index in [4.69, 9.17) is 0 Å². The molecular formula is C32H48N2O. The van der Waals surface area contributed by atoms with E-state index < -0.39 is 0 Å². The van der Waals surface area contributed by atoms with E-state index >= 15 is 0 Å². The minimum absolute atomic E-state index is 0.00981. The van der Waals surface area contributed by atoms with Gasteiger partial charge in [0.25, 0.3) is 0 Å². The third-order valence-corrected chi connectivity index (χ3v) is 4.15. The van der Waals surface area contributed by atoms with Crippen LogP contribution in [-0.2, 0) is 0 Å². The first-order chi connectivity index (χ1) is 16.8. The molecule has 3 nitrogen and oxygen atoms in total. The summed E-state index contributed by atoms with van der Waals surface area (Å²) in [5, 5.41) is 0. The quantitative estimate of drug-likeness (QED) is 0.279. The maximum atomic E-state index is 10.6. The Kier molecular flexibility index (Phi) is 26.2. The zero-order valence-corrected chi connectivity index (χ0v) is 24.0. The summed E-state index contributed by atoms with van der Waals surface area (Å²) in [6, 6.07) is 21.4. The molecule has 35 heavy (non-hydrogen) atoms. The number of pyridine rings is 2. The lowest BCUT2D eigenvalue weighted by molar-refractivity contribution is 0.101. The maximum absolute atomic E-state index is 10.6. The number of rotatable bonds is 3. The van der Waals surface area contributed by atoms with Gasteiger partial charge in [-0.05, 0) is 52.0 Å². The molecule has 0 fully saturated rings. The number of benzene rings is 1. The predicted octanol–water partition coefficient (Wildman–Crippen LogP) is 10.0.